The average Bonchev–Trinajstić information content (AvgIpc) is 2.89. The molecule has 3 aromatic rings. The quantitative estimate of drug-likeness (QED) is 0.152. The smallest absolute Gasteiger partial charge is 0.280 e. The molecule has 180 valence electrons. The number of nitrogens with zero attached hydrogens (tertiary/aromatic N) is 1. The van der Waals surface area contributed by atoms with E-state index in [2.05, 4.69) is 10.6 Å². The van der Waals surface area contributed by atoms with Gasteiger partial charge in [0.1, 0.15) is 5.57 Å². The highest BCUT2D eigenvalue weighted by Crippen LogP contribution is 2.35. The van der Waals surface area contributed by atoms with Gasteiger partial charge in [0.15, 0.2) is 11.5 Å². The Morgan fingerprint density at radius 3 is 1.71 bits per heavy atom. The van der Waals surface area contributed by atoms with Crippen molar-refractivity contribution in [1.29, 1.82) is 0 Å². The van der Waals surface area contributed by atoms with Crippen molar-refractivity contribution in [3.8, 4) is 11.5 Å². The number of nitrogens with one attached hydrogen (secondary N) is 2. The molecular weight excluding hydrogens is 450 g/mol. The zero-order chi connectivity index (χ0) is 25.2. The summed E-state index contributed by atoms with van der Waals surface area (Å²) in [7, 11) is 2.74. The molecule has 3 aromatic carbocycles. The second-order valence-electron chi connectivity index (χ2n) is 7.42. The first-order chi connectivity index (χ1) is 16.9. The molecule has 0 fully saturated rings. The van der Waals surface area contributed by atoms with Gasteiger partial charge in [0.05, 0.1) is 30.8 Å². The van der Waals surface area contributed by atoms with Gasteiger partial charge in [-0.15, -0.1) is 0 Å². The van der Waals surface area contributed by atoms with Crippen LogP contribution in [0.1, 0.15) is 16.7 Å². The van der Waals surface area contributed by atoms with Gasteiger partial charge in [-0.1, -0.05) is 60.7 Å². The second-order valence-corrected chi connectivity index (χ2v) is 7.42. The van der Waals surface area contributed by atoms with E-state index in [0.717, 1.165) is 11.1 Å². The minimum atomic E-state index is -0.677. The van der Waals surface area contributed by atoms with Crippen LogP contribution in [-0.2, 0) is 22.7 Å². The summed E-state index contributed by atoms with van der Waals surface area (Å²) in [6.45, 7) is 0.355. The van der Waals surface area contributed by atoms with Crippen LogP contribution in [0.4, 0.5) is 5.69 Å². The number of benzene rings is 3. The molecule has 0 aliphatic rings. The minimum Gasteiger partial charge on any atom is -0.493 e. The molecule has 0 heterocycles. The van der Waals surface area contributed by atoms with Gasteiger partial charge >= 0.3 is 0 Å². The van der Waals surface area contributed by atoms with E-state index in [1.54, 1.807) is 0 Å². The first kappa shape index (κ1) is 25.0. The molecule has 0 spiro atoms. The number of hydrogen-bond acceptors (Lipinski definition) is 6. The number of nitro benzene ring substituents is 1. The van der Waals surface area contributed by atoms with Crippen molar-refractivity contribution >= 4 is 23.6 Å². The van der Waals surface area contributed by atoms with E-state index in [1.165, 1.54) is 32.4 Å². The molecule has 0 saturated heterocycles. The molecule has 35 heavy (non-hydrogen) atoms. The summed E-state index contributed by atoms with van der Waals surface area (Å²) in [5.74, 6) is -0.981. The van der Waals surface area contributed by atoms with E-state index in [9.17, 15) is 19.7 Å². The predicted molar refractivity (Wildman–Crippen MR) is 131 cm³/mol. The van der Waals surface area contributed by atoms with Crippen LogP contribution in [0.2, 0.25) is 0 Å². The van der Waals surface area contributed by atoms with Crippen LogP contribution in [0.5, 0.6) is 11.5 Å². The largest absolute Gasteiger partial charge is 0.493 e. The summed E-state index contributed by atoms with van der Waals surface area (Å²) in [5, 5.41) is 17.1. The molecule has 3 rings (SSSR count). The van der Waals surface area contributed by atoms with Crippen LogP contribution >= 0.6 is 0 Å². The molecule has 0 aromatic heterocycles. The van der Waals surface area contributed by atoms with E-state index in [4.69, 9.17) is 9.47 Å². The van der Waals surface area contributed by atoms with E-state index >= 15 is 0 Å². The third kappa shape index (κ3) is 6.67. The fourth-order valence-corrected chi connectivity index (χ4v) is 3.29. The fraction of sp³-hybridized carbons (Fsp3) is 0.154. The standard InChI is InChI=1S/C26H25N3O6/c1-34-23-14-20(22(29(32)33)15-24(23)35-2)13-21(25(30)27-16-18-9-5-3-6-10-18)26(31)28-17-19-11-7-4-8-12-19/h3-15H,16-17H2,1-2H3,(H,27,30)(H,28,31). The average molecular weight is 476 g/mol. The maximum Gasteiger partial charge on any atom is 0.280 e. The Kier molecular flexibility index (Phi) is 8.55. The van der Waals surface area contributed by atoms with Crippen molar-refractivity contribution in [2.75, 3.05) is 14.2 Å². The van der Waals surface area contributed by atoms with Crippen LogP contribution < -0.4 is 20.1 Å². The van der Waals surface area contributed by atoms with Crippen LogP contribution in [-0.4, -0.2) is 31.0 Å². The Balaban J connectivity index is 1.96. The van der Waals surface area contributed by atoms with Crippen LogP contribution in [0.25, 0.3) is 6.08 Å². The topological polar surface area (TPSA) is 120 Å². The van der Waals surface area contributed by atoms with Gasteiger partial charge in [0.2, 0.25) is 0 Å². The van der Waals surface area contributed by atoms with Gasteiger partial charge in [-0.3, -0.25) is 19.7 Å². The molecule has 0 saturated carbocycles. The Bertz CT molecular complexity index is 1170. The lowest BCUT2D eigenvalue weighted by atomic mass is 10.1. The number of hydrogen-bond donors (Lipinski definition) is 2. The number of methoxy groups -OCH3 is 2. The second kappa shape index (κ2) is 12.0. The molecule has 0 aliphatic heterocycles. The molecule has 9 heteroatoms. The van der Waals surface area contributed by atoms with Crippen molar-refractivity contribution in [3.05, 3.63) is 105 Å². The Morgan fingerprint density at radius 2 is 1.29 bits per heavy atom. The third-order valence-electron chi connectivity index (χ3n) is 5.11. The van der Waals surface area contributed by atoms with Gasteiger partial charge < -0.3 is 20.1 Å². The molecule has 2 N–H and O–H groups in total. The molecule has 0 radical (unpaired) electrons. The maximum absolute atomic E-state index is 13.1. The summed E-state index contributed by atoms with van der Waals surface area (Å²) in [4.78, 5) is 37.2. The van der Waals surface area contributed by atoms with Gasteiger partial charge in [0, 0.05) is 13.1 Å². The van der Waals surface area contributed by atoms with Crippen molar-refractivity contribution in [3.63, 3.8) is 0 Å². The van der Waals surface area contributed by atoms with Crippen molar-refractivity contribution in [2.45, 2.75) is 13.1 Å². The highest BCUT2D eigenvalue weighted by molar-refractivity contribution is 6.21. The van der Waals surface area contributed by atoms with Gasteiger partial charge in [-0.2, -0.15) is 0 Å². The summed E-state index contributed by atoms with van der Waals surface area (Å²) in [6.07, 6.45) is 1.18. The van der Waals surface area contributed by atoms with Crippen LogP contribution in [0, 0.1) is 10.1 Å². The van der Waals surface area contributed by atoms with E-state index in [1.807, 2.05) is 60.7 Å². The van der Waals surface area contributed by atoms with E-state index in [0.29, 0.717) is 0 Å². The zero-order valence-electron chi connectivity index (χ0n) is 19.3. The summed E-state index contributed by atoms with van der Waals surface area (Å²) in [6, 6.07) is 20.9. The molecule has 9 nitrogen and oxygen atoms in total. The van der Waals surface area contributed by atoms with Gasteiger partial charge in [-0.05, 0) is 23.3 Å². The molecule has 0 atom stereocenters. The van der Waals surface area contributed by atoms with Crippen LogP contribution in [0.15, 0.2) is 78.4 Å². The summed E-state index contributed by atoms with van der Waals surface area (Å²) < 4.78 is 10.4. The highest BCUT2D eigenvalue weighted by Gasteiger charge is 2.23. The SMILES string of the molecule is COc1cc(C=C(C(=O)NCc2ccccc2)C(=O)NCc2ccccc2)c([N+](=O)[O-])cc1OC. The molecular formula is C26H25N3O6. The third-order valence-corrected chi connectivity index (χ3v) is 5.11. The van der Waals surface area contributed by atoms with Gasteiger partial charge in [-0.25, -0.2) is 0 Å². The number of carbonyl (C=O) groups excluding carboxylic acids is 2. The monoisotopic (exact) mass is 475 g/mol. The maximum atomic E-state index is 13.1. The Hall–Kier alpha value is -4.66. The first-order valence-electron chi connectivity index (χ1n) is 10.7. The number of ether oxygens (including phenoxy) is 2. The normalized spacial score (nSPS) is 10.1. The summed E-state index contributed by atoms with van der Waals surface area (Å²) >= 11 is 0. The van der Waals surface area contributed by atoms with E-state index in [-0.39, 0.29) is 41.4 Å². The van der Waals surface area contributed by atoms with E-state index < -0.39 is 16.7 Å². The lowest BCUT2D eigenvalue weighted by Crippen LogP contribution is -2.34. The first-order valence-corrected chi connectivity index (χ1v) is 10.7. The summed E-state index contributed by atoms with van der Waals surface area (Å²) in [5.41, 5.74) is 1.07. The molecule has 0 bridgehead atoms. The van der Waals surface area contributed by atoms with Crippen LogP contribution in [0.3, 0.4) is 0 Å². The Morgan fingerprint density at radius 1 is 0.829 bits per heavy atom. The molecule has 0 aliphatic carbocycles. The van der Waals surface area contributed by atoms with Crippen molar-refractivity contribution in [2.24, 2.45) is 0 Å². The van der Waals surface area contributed by atoms with Gasteiger partial charge in [0.25, 0.3) is 17.5 Å². The number of rotatable bonds is 10. The number of amides is 2. The predicted octanol–water partition coefficient (Wildman–Crippen LogP) is 3.63. The fourth-order valence-electron chi connectivity index (χ4n) is 3.29. The van der Waals surface area contributed by atoms with Crippen molar-refractivity contribution < 1.29 is 24.0 Å². The number of carbonyl (C=O) groups is 2. The Labute approximate surface area is 202 Å². The number of nitro groups is 1. The molecule has 2 amide bonds. The lowest BCUT2D eigenvalue weighted by molar-refractivity contribution is -0.385. The minimum absolute atomic E-state index is 0.0207. The molecule has 0 unspecified atom stereocenters. The zero-order valence-corrected chi connectivity index (χ0v) is 19.3. The van der Waals surface area contributed by atoms with Crippen molar-refractivity contribution in [1.82, 2.24) is 10.6 Å². The lowest BCUT2D eigenvalue weighted by Gasteiger charge is -2.12. The highest BCUT2D eigenvalue weighted by atomic mass is 16.6.